The van der Waals surface area contributed by atoms with E-state index in [1.54, 1.807) is 0 Å². The standard InChI is InChI=1S/C12H21NO2/c1-4-13-6-5-10-9(7-13)8-15-11(14)12(10,2)3/h9-10H,4-8H2,1-3H3. The number of carbonyl (C=O) groups excluding carboxylic acids is 1. The predicted octanol–water partition coefficient (Wildman–Crippen LogP) is 1.53. The van der Waals surface area contributed by atoms with Gasteiger partial charge >= 0.3 is 5.97 Å². The molecule has 2 saturated heterocycles. The smallest absolute Gasteiger partial charge is 0.311 e. The Balaban J connectivity index is 2.11. The normalized spacial score (nSPS) is 35.8. The van der Waals surface area contributed by atoms with Crippen LogP contribution in [0.3, 0.4) is 0 Å². The lowest BCUT2D eigenvalue weighted by atomic mass is 9.67. The maximum absolute atomic E-state index is 11.7. The zero-order chi connectivity index (χ0) is 11.1. The molecule has 2 rings (SSSR count). The molecule has 2 heterocycles. The maximum Gasteiger partial charge on any atom is 0.311 e. The molecule has 0 aromatic rings. The lowest BCUT2D eigenvalue weighted by Gasteiger charge is -2.47. The maximum atomic E-state index is 11.7. The van der Waals surface area contributed by atoms with Crippen molar-refractivity contribution in [3.63, 3.8) is 0 Å². The highest BCUT2D eigenvalue weighted by atomic mass is 16.5. The van der Waals surface area contributed by atoms with Gasteiger partial charge in [-0.1, -0.05) is 6.92 Å². The number of rotatable bonds is 1. The minimum atomic E-state index is -0.275. The highest BCUT2D eigenvalue weighted by Crippen LogP contribution is 2.42. The molecule has 2 aliphatic heterocycles. The van der Waals surface area contributed by atoms with Crippen LogP contribution in [0.2, 0.25) is 0 Å². The SMILES string of the molecule is CCN1CCC2C(COC(=O)C2(C)C)C1. The number of nitrogens with zero attached hydrogens (tertiary/aromatic N) is 1. The molecular formula is C12H21NO2. The van der Waals surface area contributed by atoms with Crippen LogP contribution in [-0.4, -0.2) is 37.1 Å². The molecule has 0 aromatic heterocycles. The van der Waals surface area contributed by atoms with Crippen LogP contribution in [0.1, 0.15) is 27.2 Å². The van der Waals surface area contributed by atoms with Gasteiger partial charge in [0.25, 0.3) is 0 Å². The number of cyclic esters (lactones) is 1. The number of esters is 1. The van der Waals surface area contributed by atoms with Crippen LogP contribution >= 0.6 is 0 Å². The Labute approximate surface area is 91.8 Å². The van der Waals surface area contributed by atoms with Crippen molar-refractivity contribution < 1.29 is 9.53 Å². The number of ether oxygens (including phenoxy) is 1. The van der Waals surface area contributed by atoms with Crippen molar-refractivity contribution in [2.75, 3.05) is 26.2 Å². The van der Waals surface area contributed by atoms with Crippen molar-refractivity contribution >= 4 is 5.97 Å². The second-order valence-electron chi connectivity index (χ2n) is 5.37. The first kappa shape index (κ1) is 10.9. The summed E-state index contributed by atoms with van der Waals surface area (Å²) in [5.74, 6) is 1.06. The Bertz CT molecular complexity index is 262. The fourth-order valence-electron chi connectivity index (χ4n) is 3.03. The molecule has 0 aliphatic carbocycles. The number of carbonyl (C=O) groups is 1. The average molecular weight is 211 g/mol. The van der Waals surface area contributed by atoms with Crippen molar-refractivity contribution in [3.8, 4) is 0 Å². The van der Waals surface area contributed by atoms with E-state index in [0.717, 1.165) is 26.1 Å². The highest BCUT2D eigenvalue weighted by Gasteiger charge is 2.48. The molecule has 2 atom stereocenters. The third-order valence-electron chi connectivity index (χ3n) is 4.15. The van der Waals surface area contributed by atoms with Crippen LogP contribution in [0.15, 0.2) is 0 Å². The topological polar surface area (TPSA) is 29.5 Å². The predicted molar refractivity (Wildman–Crippen MR) is 58.5 cm³/mol. The van der Waals surface area contributed by atoms with Gasteiger partial charge in [-0.2, -0.15) is 0 Å². The monoisotopic (exact) mass is 211 g/mol. The molecule has 2 unspecified atom stereocenters. The van der Waals surface area contributed by atoms with Gasteiger partial charge in [0.05, 0.1) is 12.0 Å². The molecule has 2 aliphatic rings. The second kappa shape index (κ2) is 3.78. The molecule has 0 aromatic carbocycles. The van der Waals surface area contributed by atoms with Gasteiger partial charge in [-0.15, -0.1) is 0 Å². The van der Waals surface area contributed by atoms with E-state index < -0.39 is 0 Å². The van der Waals surface area contributed by atoms with Gasteiger partial charge in [0.2, 0.25) is 0 Å². The van der Waals surface area contributed by atoms with Gasteiger partial charge in [-0.25, -0.2) is 0 Å². The highest BCUT2D eigenvalue weighted by molar-refractivity contribution is 5.77. The zero-order valence-corrected chi connectivity index (χ0v) is 9.95. The number of hydrogen-bond acceptors (Lipinski definition) is 3. The first-order valence-corrected chi connectivity index (χ1v) is 5.95. The van der Waals surface area contributed by atoms with Crippen molar-refractivity contribution in [3.05, 3.63) is 0 Å². The Morgan fingerprint density at radius 1 is 1.53 bits per heavy atom. The summed E-state index contributed by atoms with van der Waals surface area (Å²) >= 11 is 0. The molecular weight excluding hydrogens is 190 g/mol. The van der Waals surface area contributed by atoms with E-state index in [9.17, 15) is 4.79 Å². The summed E-state index contributed by atoms with van der Waals surface area (Å²) < 4.78 is 5.29. The quantitative estimate of drug-likeness (QED) is 0.616. The number of piperidine rings is 1. The molecule has 0 spiro atoms. The van der Waals surface area contributed by atoms with Crippen LogP contribution in [-0.2, 0) is 9.53 Å². The van der Waals surface area contributed by atoms with Gasteiger partial charge in [0.1, 0.15) is 0 Å². The minimum absolute atomic E-state index is 0.00583. The van der Waals surface area contributed by atoms with Crippen LogP contribution in [0.25, 0.3) is 0 Å². The van der Waals surface area contributed by atoms with Gasteiger partial charge in [0.15, 0.2) is 0 Å². The fourth-order valence-corrected chi connectivity index (χ4v) is 3.03. The lowest BCUT2D eigenvalue weighted by Crippen LogP contribution is -2.53. The van der Waals surface area contributed by atoms with Crippen molar-refractivity contribution in [2.24, 2.45) is 17.3 Å². The molecule has 0 bridgehead atoms. The first-order valence-electron chi connectivity index (χ1n) is 5.95. The molecule has 0 amide bonds. The van der Waals surface area contributed by atoms with E-state index >= 15 is 0 Å². The average Bonchev–Trinajstić information content (AvgIpc) is 2.23. The summed E-state index contributed by atoms with van der Waals surface area (Å²) in [7, 11) is 0. The van der Waals surface area contributed by atoms with Gasteiger partial charge in [-0.3, -0.25) is 4.79 Å². The number of hydrogen-bond donors (Lipinski definition) is 0. The largest absolute Gasteiger partial charge is 0.465 e. The molecule has 3 nitrogen and oxygen atoms in total. The first-order chi connectivity index (χ1) is 7.05. The van der Waals surface area contributed by atoms with Gasteiger partial charge in [0, 0.05) is 12.5 Å². The molecule has 86 valence electrons. The second-order valence-corrected chi connectivity index (χ2v) is 5.37. The third kappa shape index (κ3) is 1.78. The zero-order valence-electron chi connectivity index (χ0n) is 9.95. The van der Waals surface area contributed by atoms with E-state index in [1.807, 2.05) is 13.8 Å². The number of fused-ring (bicyclic) bond motifs is 1. The van der Waals surface area contributed by atoms with Gasteiger partial charge in [-0.05, 0) is 39.3 Å². The minimum Gasteiger partial charge on any atom is -0.465 e. The Morgan fingerprint density at radius 3 is 2.93 bits per heavy atom. The molecule has 0 radical (unpaired) electrons. The van der Waals surface area contributed by atoms with Crippen LogP contribution in [0, 0.1) is 17.3 Å². The Hall–Kier alpha value is -0.570. The molecule has 15 heavy (non-hydrogen) atoms. The number of likely N-dealkylation sites (tertiary alicyclic amines) is 1. The van der Waals surface area contributed by atoms with Gasteiger partial charge < -0.3 is 9.64 Å². The van der Waals surface area contributed by atoms with Crippen LogP contribution in [0.5, 0.6) is 0 Å². The molecule has 2 fully saturated rings. The lowest BCUT2D eigenvalue weighted by molar-refractivity contribution is -0.175. The van der Waals surface area contributed by atoms with Crippen molar-refractivity contribution in [1.29, 1.82) is 0 Å². The summed E-state index contributed by atoms with van der Waals surface area (Å²) in [6.45, 7) is 10.2. The van der Waals surface area contributed by atoms with Crippen LogP contribution in [0.4, 0.5) is 0 Å². The summed E-state index contributed by atoms with van der Waals surface area (Å²) in [5, 5.41) is 0. The molecule has 0 N–H and O–H groups in total. The van der Waals surface area contributed by atoms with E-state index in [1.165, 1.54) is 0 Å². The van der Waals surface area contributed by atoms with E-state index in [2.05, 4.69) is 11.8 Å². The summed E-state index contributed by atoms with van der Waals surface area (Å²) in [5.41, 5.74) is -0.275. The van der Waals surface area contributed by atoms with Crippen LogP contribution < -0.4 is 0 Å². The van der Waals surface area contributed by atoms with E-state index in [0.29, 0.717) is 18.4 Å². The van der Waals surface area contributed by atoms with Crippen molar-refractivity contribution in [2.45, 2.75) is 27.2 Å². The van der Waals surface area contributed by atoms with Crippen molar-refractivity contribution in [1.82, 2.24) is 4.90 Å². The summed E-state index contributed by atoms with van der Waals surface area (Å²) in [6, 6.07) is 0. The summed E-state index contributed by atoms with van der Waals surface area (Å²) in [6.07, 6.45) is 1.14. The fraction of sp³-hybridized carbons (Fsp3) is 0.917. The summed E-state index contributed by atoms with van der Waals surface area (Å²) in [4.78, 5) is 14.1. The third-order valence-corrected chi connectivity index (χ3v) is 4.15. The van der Waals surface area contributed by atoms with E-state index in [-0.39, 0.29) is 11.4 Å². The Morgan fingerprint density at radius 2 is 2.27 bits per heavy atom. The molecule has 3 heteroatoms. The molecule has 0 saturated carbocycles. The van der Waals surface area contributed by atoms with E-state index in [4.69, 9.17) is 4.74 Å². The Kier molecular flexibility index (Phi) is 2.75.